The standard InChI is InChI=1S/C15H25N5O2/c1-18(15(21)12-9-16-19(2)17-12)13-5-4-6-14(13)20-8-7-11(10-20)22-3/h9,11,13-14H,4-8,10H2,1-3H3/t11?,13-,14+/m1/s1. The Balaban J connectivity index is 1.68. The number of amides is 1. The first-order valence-corrected chi connectivity index (χ1v) is 8.00. The second-order valence-corrected chi connectivity index (χ2v) is 6.34. The summed E-state index contributed by atoms with van der Waals surface area (Å²) >= 11 is 0. The molecule has 1 saturated heterocycles. The van der Waals surface area contributed by atoms with Gasteiger partial charge in [-0.05, 0) is 25.7 Å². The van der Waals surface area contributed by atoms with E-state index >= 15 is 0 Å². The highest BCUT2D eigenvalue weighted by Crippen LogP contribution is 2.31. The number of carbonyl (C=O) groups excluding carboxylic acids is 1. The molecule has 1 amide bonds. The predicted octanol–water partition coefficient (Wildman–Crippen LogP) is 0.529. The molecule has 0 radical (unpaired) electrons. The van der Waals surface area contributed by atoms with Crippen molar-refractivity contribution in [1.29, 1.82) is 0 Å². The van der Waals surface area contributed by atoms with Crippen molar-refractivity contribution in [3.05, 3.63) is 11.9 Å². The molecular weight excluding hydrogens is 282 g/mol. The minimum atomic E-state index is -0.0347. The fourth-order valence-electron chi connectivity index (χ4n) is 3.82. The van der Waals surface area contributed by atoms with E-state index in [2.05, 4.69) is 15.1 Å². The average Bonchev–Trinajstić information content (AvgIpc) is 3.24. The van der Waals surface area contributed by atoms with E-state index in [4.69, 9.17) is 4.74 Å². The van der Waals surface area contributed by atoms with Gasteiger partial charge in [0.05, 0.1) is 12.3 Å². The number of hydrogen-bond donors (Lipinski definition) is 0. The maximum Gasteiger partial charge on any atom is 0.276 e. The zero-order valence-corrected chi connectivity index (χ0v) is 13.6. The molecule has 0 spiro atoms. The van der Waals surface area contributed by atoms with Crippen LogP contribution in [0.1, 0.15) is 36.2 Å². The van der Waals surface area contributed by atoms with Crippen molar-refractivity contribution in [3.8, 4) is 0 Å². The van der Waals surface area contributed by atoms with Crippen molar-refractivity contribution in [2.24, 2.45) is 7.05 Å². The molecule has 1 unspecified atom stereocenters. The molecule has 2 heterocycles. The van der Waals surface area contributed by atoms with E-state index in [1.54, 1.807) is 20.4 Å². The van der Waals surface area contributed by atoms with Crippen molar-refractivity contribution in [2.45, 2.75) is 43.9 Å². The lowest BCUT2D eigenvalue weighted by Crippen LogP contribution is -2.49. The maximum absolute atomic E-state index is 12.6. The lowest BCUT2D eigenvalue weighted by atomic mass is 10.1. The van der Waals surface area contributed by atoms with E-state index in [1.165, 1.54) is 11.2 Å². The summed E-state index contributed by atoms with van der Waals surface area (Å²) in [4.78, 5) is 18.4. The highest BCUT2D eigenvalue weighted by Gasteiger charge is 2.39. The van der Waals surface area contributed by atoms with Gasteiger partial charge in [0.1, 0.15) is 0 Å². The number of methoxy groups -OCH3 is 1. The Hall–Kier alpha value is -1.47. The lowest BCUT2D eigenvalue weighted by molar-refractivity contribution is 0.0599. The minimum absolute atomic E-state index is 0.0347. The normalized spacial score (nSPS) is 29.1. The first-order valence-electron chi connectivity index (χ1n) is 8.00. The number of likely N-dealkylation sites (N-methyl/N-ethyl adjacent to an activating group) is 1. The molecule has 1 aliphatic heterocycles. The molecule has 3 rings (SSSR count). The lowest BCUT2D eigenvalue weighted by Gasteiger charge is -2.34. The monoisotopic (exact) mass is 307 g/mol. The van der Waals surface area contributed by atoms with Crippen molar-refractivity contribution < 1.29 is 9.53 Å². The topological polar surface area (TPSA) is 63.5 Å². The van der Waals surface area contributed by atoms with Crippen LogP contribution in [0.4, 0.5) is 0 Å². The molecule has 2 fully saturated rings. The molecule has 0 N–H and O–H groups in total. The van der Waals surface area contributed by atoms with E-state index in [0.717, 1.165) is 32.4 Å². The molecule has 1 saturated carbocycles. The van der Waals surface area contributed by atoms with Gasteiger partial charge in [-0.2, -0.15) is 9.90 Å². The van der Waals surface area contributed by atoms with Gasteiger partial charge in [-0.1, -0.05) is 0 Å². The van der Waals surface area contributed by atoms with E-state index in [-0.39, 0.29) is 11.9 Å². The number of rotatable bonds is 4. The third-order valence-corrected chi connectivity index (χ3v) is 5.06. The summed E-state index contributed by atoms with van der Waals surface area (Å²) in [6.07, 6.45) is 6.34. The van der Waals surface area contributed by atoms with Crippen LogP contribution in [0.15, 0.2) is 6.20 Å². The quantitative estimate of drug-likeness (QED) is 0.812. The van der Waals surface area contributed by atoms with Gasteiger partial charge in [0.25, 0.3) is 5.91 Å². The Morgan fingerprint density at radius 2 is 2.23 bits per heavy atom. The second-order valence-electron chi connectivity index (χ2n) is 6.34. The Labute approximate surface area is 131 Å². The molecule has 122 valence electrons. The van der Waals surface area contributed by atoms with Gasteiger partial charge in [0.15, 0.2) is 5.69 Å². The van der Waals surface area contributed by atoms with Crippen LogP contribution in [0.3, 0.4) is 0 Å². The van der Waals surface area contributed by atoms with Crippen LogP contribution in [0.2, 0.25) is 0 Å². The summed E-state index contributed by atoms with van der Waals surface area (Å²) in [5.74, 6) is -0.0347. The highest BCUT2D eigenvalue weighted by atomic mass is 16.5. The van der Waals surface area contributed by atoms with Crippen LogP contribution in [0.5, 0.6) is 0 Å². The molecule has 1 aromatic heterocycles. The first-order chi connectivity index (χ1) is 10.6. The maximum atomic E-state index is 12.6. The number of aromatic nitrogens is 3. The van der Waals surface area contributed by atoms with Crippen molar-refractivity contribution in [1.82, 2.24) is 24.8 Å². The smallest absolute Gasteiger partial charge is 0.276 e. The first kappa shape index (κ1) is 15.4. The van der Waals surface area contributed by atoms with Crippen LogP contribution < -0.4 is 0 Å². The summed E-state index contributed by atoms with van der Waals surface area (Å²) in [7, 11) is 5.40. The number of nitrogens with zero attached hydrogens (tertiary/aromatic N) is 5. The van der Waals surface area contributed by atoms with Crippen LogP contribution in [-0.4, -0.2) is 76.1 Å². The zero-order valence-electron chi connectivity index (χ0n) is 13.6. The number of likely N-dealkylation sites (tertiary alicyclic amines) is 1. The Morgan fingerprint density at radius 3 is 2.86 bits per heavy atom. The van der Waals surface area contributed by atoms with E-state index in [0.29, 0.717) is 17.8 Å². The number of hydrogen-bond acceptors (Lipinski definition) is 5. The molecule has 7 heteroatoms. The minimum Gasteiger partial charge on any atom is -0.380 e. The molecule has 3 atom stereocenters. The Morgan fingerprint density at radius 1 is 1.41 bits per heavy atom. The Kier molecular flexibility index (Phi) is 4.44. The summed E-state index contributed by atoms with van der Waals surface area (Å²) in [5.41, 5.74) is 0.423. The third kappa shape index (κ3) is 2.87. The second kappa shape index (κ2) is 6.34. The van der Waals surface area contributed by atoms with Crippen molar-refractivity contribution in [2.75, 3.05) is 27.2 Å². The summed E-state index contributed by atoms with van der Waals surface area (Å²) < 4.78 is 5.47. The van der Waals surface area contributed by atoms with Gasteiger partial charge in [-0.15, -0.1) is 5.10 Å². The van der Waals surface area contributed by atoms with Gasteiger partial charge in [0, 0.05) is 46.4 Å². The largest absolute Gasteiger partial charge is 0.380 e. The molecular formula is C15H25N5O2. The van der Waals surface area contributed by atoms with Crippen LogP contribution >= 0.6 is 0 Å². The van der Waals surface area contributed by atoms with Gasteiger partial charge >= 0.3 is 0 Å². The molecule has 0 bridgehead atoms. The fourth-order valence-corrected chi connectivity index (χ4v) is 3.82. The van der Waals surface area contributed by atoms with Crippen LogP contribution in [0, 0.1) is 0 Å². The Bertz CT molecular complexity index is 532. The molecule has 7 nitrogen and oxygen atoms in total. The van der Waals surface area contributed by atoms with E-state index in [9.17, 15) is 4.79 Å². The van der Waals surface area contributed by atoms with E-state index < -0.39 is 0 Å². The predicted molar refractivity (Wildman–Crippen MR) is 81.5 cm³/mol. The molecule has 1 aromatic rings. The van der Waals surface area contributed by atoms with Crippen LogP contribution in [-0.2, 0) is 11.8 Å². The van der Waals surface area contributed by atoms with Gasteiger partial charge < -0.3 is 9.64 Å². The summed E-state index contributed by atoms with van der Waals surface area (Å²) in [6, 6.07) is 0.691. The highest BCUT2D eigenvalue weighted by molar-refractivity contribution is 5.92. The number of ether oxygens (including phenoxy) is 1. The van der Waals surface area contributed by atoms with Crippen LogP contribution in [0.25, 0.3) is 0 Å². The molecule has 22 heavy (non-hydrogen) atoms. The van der Waals surface area contributed by atoms with Gasteiger partial charge in [-0.25, -0.2) is 0 Å². The molecule has 2 aliphatic rings. The summed E-state index contributed by atoms with van der Waals surface area (Å²) in [5, 5.41) is 8.13. The SMILES string of the molecule is COC1CCN([C@H]2CCC[C@H]2N(C)C(=O)c2cnn(C)n2)C1. The summed E-state index contributed by atoms with van der Waals surface area (Å²) in [6.45, 7) is 2.04. The van der Waals surface area contributed by atoms with Crippen molar-refractivity contribution in [3.63, 3.8) is 0 Å². The zero-order chi connectivity index (χ0) is 15.7. The number of carbonyl (C=O) groups is 1. The third-order valence-electron chi connectivity index (χ3n) is 5.06. The molecule has 1 aliphatic carbocycles. The number of aryl methyl sites for hydroxylation is 1. The fraction of sp³-hybridized carbons (Fsp3) is 0.800. The van der Waals surface area contributed by atoms with Crippen molar-refractivity contribution >= 4 is 5.91 Å². The van der Waals surface area contributed by atoms with E-state index in [1.807, 2.05) is 11.9 Å². The van der Waals surface area contributed by atoms with Gasteiger partial charge in [0.2, 0.25) is 0 Å². The van der Waals surface area contributed by atoms with Gasteiger partial charge in [-0.3, -0.25) is 9.69 Å². The molecule has 0 aromatic carbocycles. The average molecular weight is 307 g/mol.